The molecular weight excluding hydrogens is 422 g/mol. The van der Waals surface area contributed by atoms with Crippen LogP contribution in [0.2, 0.25) is 0 Å². The summed E-state index contributed by atoms with van der Waals surface area (Å²) in [6.45, 7) is 6.79. The van der Waals surface area contributed by atoms with Gasteiger partial charge in [-0.05, 0) is 44.7 Å². The molecule has 2 saturated heterocycles. The van der Waals surface area contributed by atoms with E-state index in [9.17, 15) is 14.4 Å². The molecule has 3 fully saturated rings. The number of allylic oxidation sites excluding steroid dienone is 1. The zero-order valence-corrected chi connectivity index (χ0v) is 20.0. The number of nitrogens with zero attached hydrogens (tertiary/aromatic N) is 2. The molecule has 1 saturated carbocycles. The number of likely N-dealkylation sites (N-methyl/N-ethyl adjacent to an activating group) is 1. The topological polar surface area (TPSA) is 117 Å². The molecule has 0 aromatic rings. The first kappa shape index (κ1) is 25.2. The van der Waals surface area contributed by atoms with Crippen LogP contribution in [0.25, 0.3) is 0 Å². The highest BCUT2D eigenvalue weighted by Crippen LogP contribution is 2.39. The van der Waals surface area contributed by atoms with Gasteiger partial charge in [0, 0.05) is 19.5 Å². The molecule has 2 heterocycles. The lowest BCUT2D eigenvalue weighted by Crippen LogP contribution is -2.64. The van der Waals surface area contributed by atoms with Crippen LogP contribution in [0.1, 0.15) is 51.9 Å². The predicted molar refractivity (Wildman–Crippen MR) is 126 cm³/mol. The van der Waals surface area contributed by atoms with E-state index in [-0.39, 0.29) is 36.9 Å². The van der Waals surface area contributed by atoms with Crippen LogP contribution < -0.4 is 16.4 Å². The van der Waals surface area contributed by atoms with E-state index in [0.717, 1.165) is 37.7 Å². The number of amides is 3. The van der Waals surface area contributed by atoms with Crippen LogP contribution >= 0.6 is 0 Å². The smallest absolute Gasteiger partial charge is 0.410 e. The normalized spacial score (nSPS) is 26.6. The Bertz CT molecular complexity index is 779. The Morgan fingerprint density at radius 1 is 1.21 bits per heavy atom. The summed E-state index contributed by atoms with van der Waals surface area (Å²) in [5.41, 5.74) is 6.69. The molecule has 2 aliphatic heterocycles. The van der Waals surface area contributed by atoms with Crippen LogP contribution in [-0.4, -0.2) is 78.7 Å². The number of carbonyl (C=O) groups is 3. The molecule has 0 aromatic heterocycles. The largest absolute Gasteiger partial charge is 0.445 e. The van der Waals surface area contributed by atoms with Crippen LogP contribution in [0.4, 0.5) is 4.79 Å². The van der Waals surface area contributed by atoms with Gasteiger partial charge in [-0.25, -0.2) is 4.79 Å². The van der Waals surface area contributed by atoms with Crippen molar-refractivity contribution in [2.75, 3.05) is 33.3 Å². The summed E-state index contributed by atoms with van der Waals surface area (Å²) in [4.78, 5) is 42.3. The second kappa shape index (κ2) is 11.2. The van der Waals surface area contributed by atoms with Crippen molar-refractivity contribution in [3.05, 3.63) is 24.3 Å². The SMILES string of the molecule is C=C/C(=C\C)COC(=O)N1CC[C@]2(N)[C@H]1CCN2C(=O)C(NC(=O)CNC)C1CCCCC1. The number of nitrogens with one attached hydrogen (secondary N) is 2. The molecule has 9 nitrogen and oxygen atoms in total. The minimum atomic E-state index is -0.946. The Morgan fingerprint density at radius 2 is 1.94 bits per heavy atom. The first-order chi connectivity index (χ1) is 15.8. The van der Waals surface area contributed by atoms with Gasteiger partial charge in [0.15, 0.2) is 0 Å². The van der Waals surface area contributed by atoms with Gasteiger partial charge in [0.25, 0.3) is 0 Å². The molecule has 9 heteroatoms. The van der Waals surface area contributed by atoms with Gasteiger partial charge in [-0.15, -0.1) is 0 Å². The fraction of sp³-hybridized carbons (Fsp3) is 0.708. The van der Waals surface area contributed by atoms with Crippen LogP contribution in [0.5, 0.6) is 0 Å². The van der Waals surface area contributed by atoms with Crippen molar-refractivity contribution < 1.29 is 19.1 Å². The number of carbonyl (C=O) groups excluding carboxylic acids is 3. The van der Waals surface area contributed by atoms with Gasteiger partial charge in [0.2, 0.25) is 11.8 Å². The minimum Gasteiger partial charge on any atom is -0.445 e. The molecule has 1 unspecified atom stereocenters. The third kappa shape index (κ3) is 5.41. The molecule has 33 heavy (non-hydrogen) atoms. The Balaban J connectivity index is 1.72. The highest BCUT2D eigenvalue weighted by atomic mass is 16.6. The van der Waals surface area contributed by atoms with Gasteiger partial charge in [0.1, 0.15) is 18.3 Å². The highest BCUT2D eigenvalue weighted by molar-refractivity contribution is 5.89. The van der Waals surface area contributed by atoms with E-state index in [1.165, 1.54) is 0 Å². The molecule has 3 amide bonds. The van der Waals surface area contributed by atoms with Crippen molar-refractivity contribution in [2.24, 2.45) is 11.7 Å². The van der Waals surface area contributed by atoms with Gasteiger partial charge in [-0.2, -0.15) is 0 Å². The van der Waals surface area contributed by atoms with Gasteiger partial charge in [-0.1, -0.05) is 38.0 Å². The van der Waals surface area contributed by atoms with E-state index in [4.69, 9.17) is 10.5 Å². The number of nitrogens with two attached hydrogens (primary N) is 1. The van der Waals surface area contributed by atoms with Gasteiger partial charge < -0.3 is 30.9 Å². The molecule has 0 radical (unpaired) electrons. The summed E-state index contributed by atoms with van der Waals surface area (Å²) >= 11 is 0. The van der Waals surface area contributed by atoms with Crippen molar-refractivity contribution in [2.45, 2.75) is 69.6 Å². The number of fused-ring (bicyclic) bond motifs is 1. The number of rotatable bonds is 8. The van der Waals surface area contributed by atoms with Crippen LogP contribution in [0.3, 0.4) is 0 Å². The summed E-state index contributed by atoms with van der Waals surface area (Å²) in [5.74, 6) is -0.216. The fourth-order valence-electron chi connectivity index (χ4n) is 5.50. The predicted octanol–water partition coefficient (Wildman–Crippen LogP) is 1.50. The first-order valence-corrected chi connectivity index (χ1v) is 12.1. The number of hydrogen-bond acceptors (Lipinski definition) is 6. The summed E-state index contributed by atoms with van der Waals surface area (Å²) < 4.78 is 5.47. The number of likely N-dealkylation sites (tertiary alicyclic amines) is 2. The van der Waals surface area contributed by atoms with Crippen molar-refractivity contribution in [3.8, 4) is 0 Å². The highest BCUT2D eigenvalue weighted by Gasteiger charge is 2.57. The molecule has 0 bridgehead atoms. The van der Waals surface area contributed by atoms with E-state index in [0.29, 0.717) is 25.9 Å². The molecule has 1 aliphatic carbocycles. The van der Waals surface area contributed by atoms with Crippen molar-refractivity contribution in [1.82, 2.24) is 20.4 Å². The first-order valence-electron chi connectivity index (χ1n) is 12.1. The lowest BCUT2D eigenvalue weighted by atomic mass is 9.83. The lowest BCUT2D eigenvalue weighted by molar-refractivity contribution is -0.142. The number of hydrogen-bond donors (Lipinski definition) is 3. The van der Waals surface area contributed by atoms with Gasteiger partial charge in [-0.3, -0.25) is 9.59 Å². The monoisotopic (exact) mass is 461 g/mol. The van der Waals surface area contributed by atoms with E-state index in [1.54, 1.807) is 22.9 Å². The van der Waals surface area contributed by atoms with E-state index in [2.05, 4.69) is 17.2 Å². The van der Waals surface area contributed by atoms with Gasteiger partial charge >= 0.3 is 6.09 Å². The van der Waals surface area contributed by atoms with E-state index >= 15 is 0 Å². The summed E-state index contributed by atoms with van der Waals surface area (Å²) in [6.07, 6.45) is 9.28. The Hall–Kier alpha value is -2.39. The maximum Gasteiger partial charge on any atom is 0.410 e. The third-order valence-electron chi connectivity index (χ3n) is 7.37. The standard InChI is InChI=1S/C24H39N5O4/c1-4-17(5-2)16-33-23(32)28-14-12-24(25)19(28)11-13-29(24)22(31)21(27-20(30)15-26-3)18-9-7-6-8-10-18/h4-5,18-19,21,26H,1,6-16,25H2,2-3H3,(H,27,30)/b17-5+/t19-,21?,24-/m1/s1. The summed E-state index contributed by atoms with van der Waals surface area (Å²) in [5, 5.41) is 5.82. The molecule has 184 valence electrons. The fourth-order valence-corrected chi connectivity index (χ4v) is 5.50. The minimum absolute atomic E-state index is 0.107. The number of ether oxygens (including phenoxy) is 1. The van der Waals surface area contributed by atoms with Crippen molar-refractivity contribution in [1.29, 1.82) is 0 Å². The van der Waals surface area contributed by atoms with Crippen LogP contribution in [0, 0.1) is 5.92 Å². The van der Waals surface area contributed by atoms with E-state index < -0.39 is 17.8 Å². The average Bonchev–Trinajstić information content (AvgIpc) is 3.32. The Morgan fingerprint density at radius 3 is 2.58 bits per heavy atom. The summed E-state index contributed by atoms with van der Waals surface area (Å²) in [6, 6.07) is -0.886. The van der Waals surface area contributed by atoms with Gasteiger partial charge in [0.05, 0.1) is 12.6 Å². The van der Waals surface area contributed by atoms with E-state index in [1.807, 2.05) is 13.0 Å². The van der Waals surface area contributed by atoms with Crippen LogP contribution in [0.15, 0.2) is 24.3 Å². The summed E-state index contributed by atoms with van der Waals surface area (Å²) in [7, 11) is 1.71. The molecular formula is C24H39N5O4. The molecule has 3 atom stereocenters. The second-order valence-electron chi connectivity index (χ2n) is 9.32. The van der Waals surface area contributed by atoms with Crippen LogP contribution in [-0.2, 0) is 14.3 Å². The Labute approximate surface area is 196 Å². The maximum absolute atomic E-state index is 13.8. The lowest BCUT2D eigenvalue weighted by Gasteiger charge is -2.39. The Kier molecular flexibility index (Phi) is 8.53. The second-order valence-corrected chi connectivity index (χ2v) is 9.32. The van der Waals surface area contributed by atoms with Crippen molar-refractivity contribution >= 4 is 17.9 Å². The third-order valence-corrected chi connectivity index (χ3v) is 7.37. The molecule has 3 aliphatic rings. The molecule has 3 rings (SSSR count). The molecule has 0 spiro atoms. The zero-order valence-electron chi connectivity index (χ0n) is 20.0. The quantitative estimate of drug-likeness (QED) is 0.472. The maximum atomic E-state index is 13.8. The van der Waals surface area contributed by atoms with Crippen molar-refractivity contribution in [3.63, 3.8) is 0 Å². The average molecular weight is 462 g/mol. The molecule has 0 aromatic carbocycles. The zero-order chi connectivity index (χ0) is 24.0. The molecule has 4 N–H and O–H groups in total.